The highest BCUT2D eigenvalue weighted by Gasteiger charge is 2.26. The standard InChI is InChI=1S/C14H32N2O2/c1-5-6-14(4,11-15-13(2)3)12-16(7-9-17)8-10-18/h13,15,17-18H,5-12H2,1-4H3. The van der Waals surface area contributed by atoms with E-state index in [4.69, 9.17) is 10.2 Å². The lowest BCUT2D eigenvalue weighted by atomic mass is 9.84. The summed E-state index contributed by atoms with van der Waals surface area (Å²) in [4.78, 5) is 2.15. The number of rotatable bonds is 11. The molecule has 110 valence electrons. The van der Waals surface area contributed by atoms with Crippen molar-refractivity contribution in [3.05, 3.63) is 0 Å². The van der Waals surface area contributed by atoms with Crippen molar-refractivity contribution in [2.45, 2.75) is 46.6 Å². The van der Waals surface area contributed by atoms with Crippen LogP contribution in [0, 0.1) is 5.41 Å². The Kier molecular flexibility index (Phi) is 9.64. The number of nitrogens with zero attached hydrogens (tertiary/aromatic N) is 1. The minimum absolute atomic E-state index is 0.153. The van der Waals surface area contributed by atoms with Gasteiger partial charge in [0.25, 0.3) is 0 Å². The second-order valence-electron chi connectivity index (χ2n) is 5.82. The molecule has 0 saturated carbocycles. The van der Waals surface area contributed by atoms with Crippen LogP contribution < -0.4 is 5.32 Å². The van der Waals surface area contributed by atoms with E-state index in [0.717, 1.165) is 25.9 Å². The van der Waals surface area contributed by atoms with Crippen LogP contribution in [0.4, 0.5) is 0 Å². The Bertz CT molecular complexity index is 194. The van der Waals surface area contributed by atoms with Gasteiger partial charge in [-0.1, -0.05) is 34.1 Å². The fourth-order valence-corrected chi connectivity index (χ4v) is 2.37. The minimum atomic E-state index is 0.153. The number of nitrogens with one attached hydrogen (secondary N) is 1. The van der Waals surface area contributed by atoms with Crippen LogP contribution in [0.2, 0.25) is 0 Å². The number of aliphatic hydroxyl groups excluding tert-OH is 2. The first-order valence-corrected chi connectivity index (χ1v) is 7.15. The molecular formula is C14H32N2O2. The van der Waals surface area contributed by atoms with Gasteiger partial charge in [-0.05, 0) is 11.8 Å². The van der Waals surface area contributed by atoms with Crippen LogP contribution in [-0.2, 0) is 0 Å². The molecule has 1 atom stereocenters. The Hall–Kier alpha value is -0.160. The Morgan fingerprint density at radius 2 is 1.72 bits per heavy atom. The van der Waals surface area contributed by atoms with E-state index >= 15 is 0 Å². The molecule has 0 radical (unpaired) electrons. The van der Waals surface area contributed by atoms with Crippen molar-refractivity contribution in [1.82, 2.24) is 10.2 Å². The van der Waals surface area contributed by atoms with E-state index in [2.05, 4.69) is 37.9 Å². The summed E-state index contributed by atoms with van der Waals surface area (Å²) in [5.74, 6) is 0. The van der Waals surface area contributed by atoms with Gasteiger partial charge in [-0.15, -0.1) is 0 Å². The molecule has 0 aromatic rings. The van der Waals surface area contributed by atoms with Crippen molar-refractivity contribution >= 4 is 0 Å². The molecule has 0 amide bonds. The molecule has 4 nitrogen and oxygen atoms in total. The Morgan fingerprint density at radius 3 is 2.11 bits per heavy atom. The van der Waals surface area contributed by atoms with Crippen LogP contribution in [0.1, 0.15) is 40.5 Å². The van der Waals surface area contributed by atoms with Crippen LogP contribution in [-0.4, -0.2) is 60.5 Å². The van der Waals surface area contributed by atoms with E-state index < -0.39 is 0 Å². The monoisotopic (exact) mass is 260 g/mol. The largest absolute Gasteiger partial charge is 0.395 e. The molecule has 0 heterocycles. The summed E-state index contributed by atoms with van der Waals surface area (Å²) >= 11 is 0. The summed E-state index contributed by atoms with van der Waals surface area (Å²) in [6.07, 6.45) is 2.31. The highest BCUT2D eigenvalue weighted by molar-refractivity contribution is 4.81. The molecular weight excluding hydrogens is 228 g/mol. The van der Waals surface area contributed by atoms with Crippen molar-refractivity contribution in [3.63, 3.8) is 0 Å². The Morgan fingerprint density at radius 1 is 1.17 bits per heavy atom. The van der Waals surface area contributed by atoms with Crippen molar-refractivity contribution < 1.29 is 10.2 Å². The van der Waals surface area contributed by atoms with Gasteiger partial charge in [0.15, 0.2) is 0 Å². The highest BCUT2D eigenvalue weighted by atomic mass is 16.3. The lowest BCUT2D eigenvalue weighted by Gasteiger charge is -2.36. The molecule has 0 rings (SSSR count). The fraction of sp³-hybridized carbons (Fsp3) is 1.00. The second kappa shape index (κ2) is 9.73. The molecule has 0 aliphatic heterocycles. The molecule has 0 aromatic carbocycles. The van der Waals surface area contributed by atoms with E-state index in [1.54, 1.807) is 0 Å². The van der Waals surface area contributed by atoms with Crippen LogP contribution in [0.5, 0.6) is 0 Å². The molecule has 0 aromatic heterocycles. The van der Waals surface area contributed by atoms with Crippen LogP contribution in [0.15, 0.2) is 0 Å². The summed E-state index contributed by atoms with van der Waals surface area (Å²) in [7, 11) is 0. The number of aliphatic hydroxyl groups is 2. The van der Waals surface area contributed by atoms with Crippen LogP contribution in [0.25, 0.3) is 0 Å². The van der Waals surface area contributed by atoms with Crippen molar-refractivity contribution in [3.8, 4) is 0 Å². The topological polar surface area (TPSA) is 55.7 Å². The van der Waals surface area contributed by atoms with Crippen molar-refractivity contribution in [1.29, 1.82) is 0 Å². The average Bonchev–Trinajstić information content (AvgIpc) is 2.27. The van der Waals surface area contributed by atoms with E-state index in [0.29, 0.717) is 19.1 Å². The van der Waals surface area contributed by atoms with E-state index in [9.17, 15) is 0 Å². The first kappa shape index (κ1) is 17.8. The zero-order chi connectivity index (χ0) is 14.0. The third kappa shape index (κ3) is 8.03. The van der Waals surface area contributed by atoms with Gasteiger partial charge >= 0.3 is 0 Å². The van der Waals surface area contributed by atoms with Crippen LogP contribution >= 0.6 is 0 Å². The lowest BCUT2D eigenvalue weighted by molar-refractivity contribution is 0.104. The fourth-order valence-electron chi connectivity index (χ4n) is 2.37. The maximum atomic E-state index is 9.07. The van der Waals surface area contributed by atoms with Gasteiger partial charge < -0.3 is 15.5 Å². The smallest absolute Gasteiger partial charge is 0.0558 e. The molecule has 0 fully saturated rings. The normalized spacial score (nSPS) is 15.3. The van der Waals surface area contributed by atoms with Gasteiger partial charge in [0, 0.05) is 32.2 Å². The first-order chi connectivity index (χ1) is 8.47. The summed E-state index contributed by atoms with van der Waals surface area (Å²) in [6, 6.07) is 0.491. The SMILES string of the molecule is CCCC(C)(CNC(C)C)CN(CCO)CCO. The molecule has 0 spiro atoms. The van der Waals surface area contributed by atoms with Crippen molar-refractivity contribution in [2.75, 3.05) is 39.4 Å². The quantitative estimate of drug-likeness (QED) is 0.520. The van der Waals surface area contributed by atoms with Gasteiger partial charge in [-0.3, -0.25) is 4.90 Å². The third-order valence-electron chi connectivity index (χ3n) is 3.23. The van der Waals surface area contributed by atoms with Gasteiger partial charge in [0.2, 0.25) is 0 Å². The van der Waals surface area contributed by atoms with E-state index in [1.165, 1.54) is 0 Å². The minimum Gasteiger partial charge on any atom is -0.395 e. The zero-order valence-electron chi connectivity index (χ0n) is 12.6. The number of hydrogen-bond donors (Lipinski definition) is 3. The molecule has 0 saturated heterocycles. The molecule has 3 N–H and O–H groups in total. The Balaban J connectivity index is 4.43. The third-order valence-corrected chi connectivity index (χ3v) is 3.23. The maximum absolute atomic E-state index is 9.07. The molecule has 0 aliphatic carbocycles. The lowest BCUT2D eigenvalue weighted by Crippen LogP contribution is -2.45. The van der Waals surface area contributed by atoms with Crippen molar-refractivity contribution in [2.24, 2.45) is 5.41 Å². The summed E-state index contributed by atoms with van der Waals surface area (Å²) in [5.41, 5.74) is 0.198. The first-order valence-electron chi connectivity index (χ1n) is 7.15. The number of hydrogen-bond acceptors (Lipinski definition) is 4. The second-order valence-corrected chi connectivity index (χ2v) is 5.82. The summed E-state index contributed by atoms with van der Waals surface area (Å²) in [5, 5.41) is 21.6. The molecule has 18 heavy (non-hydrogen) atoms. The predicted molar refractivity (Wildman–Crippen MR) is 76.8 cm³/mol. The zero-order valence-corrected chi connectivity index (χ0v) is 12.6. The van der Waals surface area contributed by atoms with Crippen LogP contribution in [0.3, 0.4) is 0 Å². The molecule has 1 unspecified atom stereocenters. The Labute approximate surface area is 112 Å². The van der Waals surface area contributed by atoms with Gasteiger partial charge in [-0.25, -0.2) is 0 Å². The van der Waals surface area contributed by atoms with Gasteiger partial charge in [-0.2, -0.15) is 0 Å². The molecule has 0 aliphatic rings. The highest BCUT2D eigenvalue weighted by Crippen LogP contribution is 2.24. The van der Waals surface area contributed by atoms with Gasteiger partial charge in [0.05, 0.1) is 13.2 Å². The molecule has 4 heteroatoms. The summed E-state index contributed by atoms with van der Waals surface area (Å²) < 4.78 is 0. The van der Waals surface area contributed by atoms with Gasteiger partial charge in [0.1, 0.15) is 0 Å². The average molecular weight is 260 g/mol. The summed E-state index contributed by atoms with van der Waals surface area (Å²) in [6.45, 7) is 12.3. The van der Waals surface area contributed by atoms with E-state index in [-0.39, 0.29) is 18.6 Å². The maximum Gasteiger partial charge on any atom is 0.0558 e. The van der Waals surface area contributed by atoms with E-state index in [1.807, 2.05) is 0 Å². The molecule has 0 bridgehead atoms. The predicted octanol–water partition coefficient (Wildman–Crippen LogP) is 1.08.